The number of hydrogen-bond acceptors (Lipinski definition) is 8. The second-order valence-electron chi connectivity index (χ2n) is 6.80. The van der Waals surface area contributed by atoms with Crippen molar-refractivity contribution in [1.82, 2.24) is 10.2 Å². The number of carbonyl (C=O) groups excluding carboxylic acids is 3. The number of halogens is 2. The predicted molar refractivity (Wildman–Crippen MR) is 110 cm³/mol. The quantitative estimate of drug-likeness (QED) is 0.380. The van der Waals surface area contributed by atoms with Crippen LogP contribution in [0.25, 0.3) is 0 Å². The Labute approximate surface area is 190 Å². The molecule has 2 aromatic carbocycles. The number of ether oxygens (including phenoxy) is 3. The molecule has 0 aliphatic carbocycles. The van der Waals surface area contributed by atoms with E-state index in [4.69, 9.17) is 14.2 Å². The van der Waals surface area contributed by atoms with Gasteiger partial charge in [0.05, 0.1) is 36.0 Å². The first-order chi connectivity index (χ1) is 16.2. The van der Waals surface area contributed by atoms with Gasteiger partial charge in [-0.15, -0.1) is 0 Å². The molecule has 1 aliphatic rings. The van der Waals surface area contributed by atoms with Crippen molar-refractivity contribution in [3.8, 4) is 5.75 Å². The SMILES string of the molecule is COCC1=C(C(=O)OC)C(c2ccc(F)c(F)c2)NC(=O)N1C(=O)Oc1ccc([N+](=O)[O-])cc1. The largest absolute Gasteiger partial charge is 0.466 e. The molecule has 1 atom stereocenters. The molecule has 0 fully saturated rings. The fraction of sp³-hybridized carbons (Fsp3) is 0.190. The highest BCUT2D eigenvalue weighted by Gasteiger charge is 2.42. The number of benzene rings is 2. The fourth-order valence-electron chi connectivity index (χ4n) is 3.21. The Balaban J connectivity index is 2.05. The third kappa shape index (κ3) is 4.83. The Hall–Kier alpha value is -4.39. The second-order valence-corrected chi connectivity index (χ2v) is 6.80. The van der Waals surface area contributed by atoms with Crippen LogP contribution in [0.3, 0.4) is 0 Å². The molecule has 0 bridgehead atoms. The summed E-state index contributed by atoms with van der Waals surface area (Å²) in [6.45, 7) is -0.437. The summed E-state index contributed by atoms with van der Waals surface area (Å²) < 4.78 is 42.2. The molecule has 178 valence electrons. The summed E-state index contributed by atoms with van der Waals surface area (Å²) in [4.78, 5) is 48.9. The van der Waals surface area contributed by atoms with E-state index < -0.39 is 47.3 Å². The third-order valence-electron chi connectivity index (χ3n) is 4.74. The van der Waals surface area contributed by atoms with Crippen LogP contribution in [0.4, 0.5) is 24.1 Å². The number of methoxy groups -OCH3 is 2. The number of esters is 1. The van der Waals surface area contributed by atoms with Gasteiger partial charge >= 0.3 is 18.1 Å². The second kappa shape index (κ2) is 10.0. The summed E-state index contributed by atoms with van der Waals surface area (Å²) in [5, 5.41) is 13.2. The molecule has 3 amide bonds. The van der Waals surface area contributed by atoms with Crippen LogP contribution in [0.2, 0.25) is 0 Å². The van der Waals surface area contributed by atoms with Crippen LogP contribution >= 0.6 is 0 Å². The number of urea groups is 1. The zero-order chi connectivity index (χ0) is 25.0. The van der Waals surface area contributed by atoms with Gasteiger partial charge in [0.1, 0.15) is 5.75 Å². The number of rotatable bonds is 6. The summed E-state index contributed by atoms with van der Waals surface area (Å²) in [5.41, 5.74) is -0.794. The monoisotopic (exact) mass is 477 g/mol. The predicted octanol–water partition coefficient (Wildman–Crippen LogP) is 3.21. The van der Waals surface area contributed by atoms with Crippen LogP contribution in [0, 0.1) is 21.7 Å². The highest BCUT2D eigenvalue weighted by atomic mass is 19.2. The molecule has 0 aromatic heterocycles. The molecule has 1 N–H and O–H groups in total. The molecule has 1 unspecified atom stereocenters. The Morgan fingerprint density at radius 3 is 2.35 bits per heavy atom. The molecule has 11 nitrogen and oxygen atoms in total. The normalized spacial score (nSPS) is 15.6. The van der Waals surface area contributed by atoms with Gasteiger partial charge in [-0.2, -0.15) is 4.90 Å². The average Bonchev–Trinajstić information content (AvgIpc) is 2.80. The van der Waals surface area contributed by atoms with Crippen molar-refractivity contribution < 1.29 is 42.3 Å². The Morgan fingerprint density at radius 2 is 1.79 bits per heavy atom. The van der Waals surface area contributed by atoms with Gasteiger partial charge in [-0.1, -0.05) is 6.07 Å². The molecule has 0 saturated carbocycles. The number of nitrogens with zero attached hydrogens (tertiary/aromatic N) is 2. The minimum Gasteiger partial charge on any atom is -0.466 e. The molecule has 0 spiro atoms. The van der Waals surface area contributed by atoms with E-state index in [1.165, 1.54) is 7.11 Å². The topological polar surface area (TPSA) is 137 Å². The molecule has 0 radical (unpaired) electrons. The number of non-ortho nitro benzene ring substituents is 1. The van der Waals surface area contributed by atoms with Crippen molar-refractivity contribution in [3.05, 3.63) is 81.0 Å². The maximum absolute atomic E-state index is 13.8. The maximum Gasteiger partial charge on any atom is 0.427 e. The van der Waals surface area contributed by atoms with Crippen LogP contribution in [0.1, 0.15) is 11.6 Å². The van der Waals surface area contributed by atoms with Gasteiger partial charge in [0.15, 0.2) is 11.6 Å². The highest BCUT2D eigenvalue weighted by Crippen LogP contribution is 2.33. The van der Waals surface area contributed by atoms with Crippen molar-refractivity contribution in [2.45, 2.75) is 6.04 Å². The molecule has 1 heterocycles. The molecule has 1 aliphatic heterocycles. The van der Waals surface area contributed by atoms with E-state index in [2.05, 4.69) is 5.32 Å². The zero-order valence-corrected chi connectivity index (χ0v) is 17.7. The molecular formula is C21H17F2N3O8. The van der Waals surface area contributed by atoms with Gasteiger partial charge in [0.2, 0.25) is 0 Å². The smallest absolute Gasteiger partial charge is 0.427 e. The number of nitro benzene ring substituents is 1. The van der Waals surface area contributed by atoms with Gasteiger partial charge in [-0.05, 0) is 29.8 Å². The summed E-state index contributed by atoms with van der Waals surface area (Å²) in [7, 11) is 2.29. The molecular weight excluding hydrogens is 460 g/mol. The molecule has 3 rings (SSSR count). The van der Waals surface area contributed by atoms with E-state index in [-0.39, 0.29) is 28.3 Å². The first-order valence-corrected chi connectivity index (χ1v) is 9.50. The van der Waals surface area contributed by atoms with Gasteiger partial charge < -0.3 is 19.5 Å². The summed E-state index contributed by atoms with van der Waals surface area (Å²) in [6.07, 6.45) is -1.26. The van der Waals surface area contributed by atoms with Crippen LogP contribution < -0.4 is 10.1 Å². The van der Waals surface area contributed by atoms with Crippen molar-refractivity contribution in [3.63, 3.8) is 0 Å². The summed E-state index contributed by atoms with van der Waals surface area (Å²) >= 11 is 0. The highest BCUT2D eigenvalue weighted by molar-refractivity contribution is 6.01. The van der Waals surface area contributed by atoms with Gasteiger partial charge in [-0.25, -0.2) is 23.2 Å². The number of nitro groups is 1. The third-order valence-corrected chi connectivity index (χ3v) is 4.74. The summed E-state index contributed by atoms with van der Waals surface area (Å²) in [5.74, 6) is -3.46. The van der Waals surface area contributed by atoms with Crippen molar-refractivity contribution >= 4 is 23.8 Å². The first kappa shape index (κ1) is 24.3. The Kier molecular flexibility index (Phi) is 7.16. The Morgan fingerprint density at radius 1 is 1.12 bits per heavy atom. The minimum absolute atomic E-state index is 0.00430. The van der Waals surface area contributed by atoms with Crippen LogP contribution in [-0.4, -0.2) is 48.7 Å². The van der Waals surface area contributed by atoms with Gasteiger partial charge in [0, 0.05) is 19.2 Å². The lowest BCUT2D eigenvalue weighted by molar-refractivity contribution is -0.384. The number of amides is 3. The van der Waals surface area contributed by atoms with E-state index in [1.54, 1.807) is 0 Å². The lowest BCUT2D eigenvalue weighted by Gasteiger charge is -2.34. The first-order valence-electron chi connectivity index (χ1n) is 9.50. The van der Waals surface area contributed by atoms with Crippen molar-refractivity contribution in [1.29, 1.82) is 0 Å². The van der Waals surface area contributed by atoms with Crippen molar-refractivity contribution in [2.24, 2.45) is 0 Å². The number of carbonyl (C=O) groups is 3. The molecule has 13 heteroatoms. The van der Waals surface area contributed by atoms with Gasteiger partial charge in [-0.3, -0.25) is 10.1 Å². The maximum atomic E-state index is 13.8. The van der Waals surface area contributed by atoms with E-state index in [1.807, 2.05) is 0 Å². The van der Waals surface area contributed by atoms with E-state index >= 15 is 0 Å². The fourth-order valence-corrected chi connectivity index (χ4v) is 3.21. The van der Waals surface area contributed by atoms with Crippen LogP contribution in [0.5, 0.6) is 5.75 Å². The lowest BCUT2D eigenvalue weighted by Crippen LogP contribution is -2.52. The number of nitrogens with one attached hydrogen (secondary N) is 1. The standard InChI is InChI=1S/C21H17F2N3O8/c1-32-10-16-17(19(27)33-2)18(11-3-8-14(22)15(23)9-11)24-20(28)25(16)21(29)34-13-6-4-12(5-7-13)26(30)31/h3-9,18H,10H2,1-2H3,(H,24,28). The number of imide groups is 1. The van der Waals surface area contributed by atoms with Crippen LogP contribution in [0.15, 0.2) is 53.7 Å². The van der Waals surface area contributed by atoms with E-state index in [0.29, 0.717) is 4.90 Å². The van der Waals surface area contributed by atoms with E-state index in [0.717, 1.165) is 49.6 Å². The van der Waals surface area contributed by atoms with Gasteiger partial charge in [0.25, 0.3) is 5.69 Å². The minimum atomic E-state index is -1.30. The Bertz CT molecular complexity index is 1180. The van der Waals surface area contributed by atoms with Crippen LogP contribution in [-0.2, 0) is 14.3 Å². The molecule has 2 aromatic rings. The van der Waals surface area contributed by atoms with Crippen molar-refractivity contribution in [2.75, 3.05) is 20.8 Å². The average molecular weight is 477 g/mol. The summed E-state index contributed by atoms with van der Waals surface area (Å²) in [6, 6.07) is 4.86. The molecule has 34 heavy (non-hydrogen) atoms. The number of hydrogen-bond donors (Lipinski definition) is 1. The zero-order valence-electron chi connectivity index (χ0n) is 17.7. The lowest BCUT2D eigenvalue weighted by atomic mass is 9.94. The van der Waals surface area contributed by atoms with E-state index in [9.17, 15) is 33.3 Å². The molecule has 0 saturated heterocycles.